The van der Waals surface area contributed by atoms with Gasteiger partial charge in [-0.3, -0.25) is 4.79 Å². The molecule has 6 nitrogen and oxygen atoms in total. The van der Waals surface area contributed by atoms with E-state index in [2.05, 4.69) is 6.58 Å². The van der Waals surface area contributed by atoms with Crippen molar-refractivity contribution in [1.82, 2.24) is 0 Å². The van der Waals surface area contributed by atoms with Crippen molar-refractivity contribution in [2.24, 2.45) is 0 Å². The zero-order valence-electron chi connectivity index (χ0n) is 12.5. The van der Waals surface area contributed by atoms with Gasteiger partial charge in [0.25, 0.3) is 0 Å². The minimum atomic E-state index is -1.57. The third kappa shape index (κ3) is 2.60. The number of carbonyl (C=O) groups excluding carboxylic acids is 1. The Balaban J connectivity index is 2.87. The number of aliphatic hydroxyl groups is 1. The van der Waals surface area contributed by atoms with Crippen molar-refractivity contribution in [2.45, 2.75) is 13.0 Å². The number of benzene rings is 1. The van der Waals surface area contributed by atoms with Crippen LogP contribution in [-0.2, 0) is 4.79 Å². The van der Waals surface area contributed by atoms with E-state index in [1.54, 1.807) is 6.07 Å². The van der Waals surface area contributed by atoms with E-state index < -0.39 is 17.5 Å². The van der Waals surface area contributed by atoms with E-state index in [9.17, 15) is 14.7 Å². The minimum absolute atomic E-state index is 0.0440. The lowest BCUT2D eigenvalue weighted by molar-refractivity contribution is -0.123. The van der Waals surface area contributed by atoms with E-state index in [4.69, 9.17) is 13.9 Å². The highest BCUT2D eigenvalue weighted by molar-refractivity contribution is 6.01. The molecule has 6 heteroatoms. The van der Waals surface area contributed by atoms with E-state index >= 15 is 0 Å². The fraction of sp³-hybridized carbons (Fsp3) is 0.250. The molecule has 0 spiro atoms. The van der Waals surface area contributed by atoms with Crippen molar-refractivity contribution < 1.29 is 23.8 Å². The molecule has 116 valence electrons. The highest BCUT2D eigenvalue weighted by Crippen LogP contribution is 2.41. The quantitative estimate of drug-likeness (QED) is 0.671. The first-order valence-corrected chi connectivity index (χ1v) is 6.47. The number of carbonyl (C=O) groups is 1. The Morgan fingerprint density at radius 3 is 2.55 bits per heavy atom. The lowest BCUT2D eigenvalue weighted by atomic mass is 9.98. The van der Waals surface area contributed by atoms with Crippen LogP contribution in [0.15, 0.2) is 39.6 Å². The van der Waals surface area contributed by atoms with Crippen LogP contribution >= 0.6 is 0 Å². The molecule has 0 fully saturated rings. The van der Waals surface area contributed by atoms with Crippen LogP contribution in [0.1, 0.15) is 18.6 Å². The summed E-state index contributed by atoms with van der Waals surface area (Å²) >= 11 is 0. The van der Waals surface area contributed by atoms with Crippen molar-refractivity contribution in [1.29, 1.82) is 0 Å². The van der Waals surface area contributed by atoms with Gasteiger partial charge in [0.15, 0.2) is 17.3 Å². The number of methoxy groups -OCH3 is 2. The average molecular weight is 304 g/mol. The molecule has 0 saturated carbocycles. The first kappa shape index (κ1) is 15.8. The number of Topliss-reactive ketones (excluding diaryl/α,β-unsaturated/α-hetero) is 1. The number of ketones is 1. The summed E-state index contributed by atoms with van der Waals surface area (Å²) in [6.07, 6.45) is -1.57. The molecule has 1 N–H and O–H groups in total. The van der Waals surface area contributed by atoms with Gasteiger partial charge >= 0.3 is 5.63 Å². The van der Waals surface area contributed by atoms with Crippen molar-refractivity contribution >= 4 is 16.8 Å². The monoisotopic (exact) mass is 304 g/mol. The number of ether oxygens (including phenoxy) is 2. The smallest absolute Gasteiger partial charge is 0.336 e. The fourth-order valence-corrected chi connectivity index (χ4v) is 2.17. The maximum atomic E-state index is 12.1. The van der Waals surface area contributed by atoms with Crippen LogP contribution in [0.3, 0.4) is 0 Å². The van der Waals surface area contributed by atoms with Gasteiger partial charge < -0.3 is 19.0 Å². The second kappa shape index (κ2) is 6.03. The van der Waals surface area contributed by atoms with Crippen LogP contribution in [0, 0.1) is 0 Å². The summed E-state index contributed by atoms with van der Waals surface area (Å²) in [6, 6.07) is 4.36. The highest BCUT2D eigenvalue weighted by atomic mass is 16.5. The van der Waals surface area contributed by atoms with Crippen molar-refractivity contribution in [3.05, 3.63) is 46.3 Å². The Kier molecular flexibility index (Phi) is 4.32. The van der Waals surface area contributed by atoms with Gasteiger partial charge in [0, 0.05) is 11.5 Å². The number of aliphatic hydroxyl groups excluding tert-OH is 1. The molecule has 0 radical (unpaired) electrons. The Morgan fingerprint density at radius 2 is 2.00 bits per heavy atom. The molecule has 22 heavy (non-hydrogen) atoms. The molecule has 1 atom stereocenters. The van der Waals surface area contributed by atoms with E-state index in [0.717, 1.165) is 0 Å². The number of hydrogen-bond donors (Lipinski definition) is 1. The van der Waals surface area contributed by atoms with E-state index in [1.165, 1.54) is 33.3 Å². The summed E-state index contributed by atoms with van der Waals surface area (Å²) in [4.78, 5) is 23.6. The standard InChI is InChI=1S/C16H16O6/c1-8(2)13(18)14(19)12-15-9(5-6-11(17)22-15)7-10(20-3)16(12)21-4/h5-7,14,19H,1H2,2-4H3/t14-/m1/s1. The largest absolute Gasteiger partial charge is 0.493 e. The maximum Gasteiger partial charge on any atom is 0.336 e. The summed E-state index contributed by atoms with van der Waals surface area (Å²) in [7, 11) is 2.80. The van der Waals surface area contributed by atoms with Gasteiger partial charge in [-0.1, -0.05) is 6.58 Å². The molecule has 0 unspecified atom stereocenters. The fourth-order valence-electron chi connectivity index (χ4n) is 2.17. The third-order valence-electron chi connectivity index (χ3n) is 3.23. The van der Waals surface area contributed by atoms with Gasteiger partial charge in [-0.15, -0.1) is 0 Å². The van der Waals surface area contributed by atoms with Gasteiger partial charge in [-0.2, -0.15) is 0 Å². The first-order chi connectivity index (χ1) is 10.4. The van der Waals surface area contributed by atoms with Crippen molar-refractivity contribution in [2.75, 3.05) is 14.2 Å². The van der Waals surface area contributed by atoms with Crippen LogP contribution in [0.25, 0.3) is 11.0 Å². The normalized spacial score (nSPS) is 12.0. The SMILES string of the molecule is C=C(C)C(=O)[C@H](O)c1c(OC)c(OC)cc2ccc(=O)oc12. The number of rotatable bonds is 5. The lowest BCUT2D eigenvalue weighted by Crippen LogP contribution is -2.15. The molecule has 0 amide bonds. The average Bonchev–Trinajstić information content (AvgIpc) is 2.51. The Bertz CT molecular complexity index is 802. The molecule has 1 aromatic carbocycles. The lowest BCUT2D eigenvalue weighted by Gasteiger charge is -2.18. The third-order valence-corrected chi connectivity index (χ3v) is 3.23. The van der Waals surface area contributed by atoms with E-state index in [0.29, 0.717) is 11.1 Å². The molecule has 2 rings (SSSR count). The zero-order chi connectivity index (χ0) is 16.4. The number of hydrogen-bond acceptors (Lipinski definition) is 6. The molecule has 1 heterocycles. The van der Waals surface area contributed by atoms with Gasteiger partial charge in [-0.25, -0.2) is 4.79 Å². The van der Waals surface area contributed by atoms with Crippen LogP contribution < -0.4 is 15.1 Å². The summed E-state index contributed by atoms with van der Waals surface area (Å²) in [5.41, 5.74) is -0.311. The number of fused-ring (bicyclic) bond motifs is 1. The second-order valence-electron chi connectivity index (χ2n) is 4.75. The van der Waals surface area contributed by atoms with E-state index in [1.807, 2.05) is 0 Å². The van der Waals surface area contributed by atoms with Crippen LogP contribution in [0.2, 0.25) is 0 Å². The molecule has 0 aliphatic carbocycles. The zero-order valence-corrected chi connectivity index (χ0v) is 12.5. The van der Waals surface area contributed by atoms with Gasteiger partial charge in [0.2, 0.25) is 0 Å². The Hall–Kier alpha value is -2.60. The topological polar surface area (TPSA) is 86.0 Å². The Labute approximate surface area is 126 Å². The summed E-state index contributed by atoms with van der Waals surface area (Å²) in [5, 5.41) is 10.9. The molecule has 0 bridgehead atoms. The van der Waals surface area contributed by atoms with Gasteiger partial charge in [-0.05, 0) is 24.6 Å². The van der Waals surface area contributed by atoms with Crippen molar-refractivity contribution in [3.8, 4) is 11.5 Å². The molecule has 2 aromatic rings. The van der Waals surface area contributed by atoms with Gasteiger partial charge in [0.05, 0.1) is 19.8 Å². The predicted octanol–water partition coefficient (Wildman–Crippen LogP) is 1.99. The molecular formula is C16H16O6. The predicted molar refractivity (Wildman–Crippen MR) is 80.4 cm³/mol. The van der Waals surface area contributed by atoms with Crippen LogP contribution in [0.5, 0.6) is 11.5 Å². The molecule has 0 aliphatic heterocycles. The molecule has 0 saturated heterocycles. The molecular weight excluding hydrogens is 288 g/mol. The molecule has 1 aromatic heterocycles. The van der Waals surface area contributed by atoms with Crippen molar-refractivity contribution in [3.63, 3.8) is 0 Å². The first-order valence-electron chi connectivity index (χ1n) is 6.47. The minimum Gasteiger partial charge on any atom is -0.493 e. The summed E-state index contributed by atoms with van der Waals surface area (Å²) in [5.74, 6) is -0.154. The summed E-state index contributed by atoms with van der Waals surface area (Å²) in [6.45, 7) is 5.01. The van der Waals surface area contributed by atoms with E-state index in [-0.39, 0.29) is 22.5 Å². The van der Waals surface area contributed by atoms with Crippen LogP contribution in [-0.4, -0.2) is 25.1 Å². The van der Waals surface area contributed by atoms with Crippen LogP contribution in [0.4, 0.5) is 0 Å². The van der Waals surface area contributed by atoms with Gasteiger partial charge in [0.1, 0.15) is 11.7 Å². The summed E-state index contributed by atoms with van der Waals surface area (Å²) < 4.78 is 15.6. The highest BCUT2D eigenvalue weighted by Gasteiger charge is 2.28. The maximum absolute atomic E-state index is 12.1. The Morgan fingerprint density at radius 1 is 1.32 bits per heavy atom. The molecule has 0 aliphatic rings. The second-order valence-corrected chi connectivity index (χ2v) is 4.75.